The third kappa shape index (κ3) is 3.72. The largest absolute Gasteiger partial charge is 0.416 e. The average Bonchev–Trinajstić information content (AvgIpc) is 3.03. The van der Waals surface area contributed by atoms with Crippen molar-refractivity contribution in [2.45, 2.75) is 38.7 Å². The molecule has 1 unspecified atom stereocenters. The molecule has 28 heavy (non-hydrogen) atoms. The van der Waals surface area contributed by atoms with Gasteiger partial charge in [-0.1, -0.05) is 48.0 Å². The lowest BCUT2D eigenvalue weighted by molar-refractivity contribution is -0.138. The highest BCUT2D eigenvalue weighted by atomic mass is 19.4. The van der Waals surface area contributed by atoms with Gasteiger partial charge in [0.1, 0.15) is 0 Å². The maximum absolute atomic E-state index is 13.5. The molecule has 1 aliphatic heterocycles. The van der Waals surface area contributed by atoms with Gasteiger partial charge in [0.25, 0.3) is 0 Å². The van der Waals surface area contributed by atoms with E-state index in [-0.39, 0.29) is 12.6 Å². The Morgan fingerprint density at radius 1 is 0.964 bits per heavy atom. The molecule has 2 aromatic carbocycles. The van der Waals surface area contributed by atoms with Gasteiger partial charge in [-0.3, -0.25) is 4.90 Å². The first-order chi connectivity index (χ1) is 13.4. The predicted octanol–water partition coefficient (Wildman–Crippen LogP) is 5.81. The van der Waals surface area contributed by atoms with E-state index in [0.717, 1.165) is 36.3 Å². The number of fused-ring (bicyclic) bond motifs is 1. The van der Waals surface area contributed by atoms with Crippen LogP contribution in [0.5, 0.6) is 0 Å². The van der Waals surface area contributed by atoms with Crippen molar-refractivity contribution in [2.24, 2.45) is 0 Å². The Balaban J connectivity index is 1.77. The van der Waals surface area contributed by atoms with Crippen LogP contribution in [0.2, 0.25) is 0 Å². The maximum Gasteiger partial charge on any atom is 0.416 e. The molecule has 2 heterocycles. The van der Waals surface area contributed by atoms with Gasteiger partial charge in [0, 0.05) is 31.5 Å². The van der Waals surface area contributed by atoms with Crippen molar-refractivity contribution >= 4 is 0 Å². The first kappa shape index (κ1) is 18.8. The molecule has 0 amide bonds. The van der Waals surface area contributed by atoms with Gasteiger partial charge in [-0.25, -0.2) is 0 Å². The van der Waals surface area contributed by atoms with Gasteiger partial charge in [-0.05, 0) is 42.7 Å². The molecule has 3 aromatic rings. The molecule has 0 aliphatic carbocycles. The van der Waals surface area contributed by atoms with E-state index in [1.54, 1.807) is 12.1 Å². The normalized spacial score (nSPS) is 17.9. The third-order valence-corrected chi connectivity index (χ3v) is 5.41. The minimum Gasteiger partial charge on any atom is -0.350 e. The summed E-state index contributed by atoms with van der Waals surface area (Å²) in [6, 6.07) is 18.2. The monoisotopic (exact) mass is 384 g/mol. The van der Waals surface area contributed by atoms with Crippen molar-refractivity contribution in [2.75, 3.05) is 6.54 Å². The Morgan fingerprint density at radius 2 is 1.79 bits per heavy atom. The topological polar surface area (TPSA) is 8.17 Å². The van der Waals surface area contributed by atoms with Crippen LogP contribution in [0.1, 0.15) is 40.4 Å². The highest BCUT2D eigenvalue weighted by molar-refractivity contribution is 5.34. The summed E-state index contributed by atoms with van der Waals surface area (Å²) >= 11 is 0. The van der Waals surface area contributed by atoms with E-state index in [1.807, 2.05) is 25.1 Å². The Bertz CT molecular complexity index is 958. The van der Waals surface area contributed by atoms with Crippen LogP contribution in [-0.4, -0.2) is 16.0 Å². The number of aromatic nitrogens is 1. The minimum atomic E-state index is -4.35. The van der Waals surface area contributed by atoms with Crippen LogP contribution in [-0.2, 0) is 19.3 Å². The van der Waals surface area contributed by atoms with Crippen molar-refractivity contribution in [3.63, 3.8) is 0 Å². The maximum atomic E-state index is 13.5. The van der Waals surface area contributed by atoms with E-state index >= 15 is 0 Å². The molecular weight excluding hydrogens is 361 g/mol. The molecule has 0 radical (unpaired) electrons. The number of nitrogens with zero attached hydrogens (tertiary/aromatic N) is 2. The van der Waals surface area contributed by atoms with Crippen LogP contribution in [0.4, 0.5) is 13.2 Å². The quantitative estimate of drug-likeness (QED) is 0.553. The molecule has 0 saturated heterocycles. The molecule has 1 aliphatic rings. The number of hydrogen-bond acceptors (Lipinski definition) is 1. The van der Waals surface area contributed by atoms with Crippen molar-refractivity contribution in [3.8, 4) is 0 Å². The van der Waals surface area contributed by atoms with Gasteiger partial charge >= 0.3 is 6.18 Å². The van der Waals surface area contributed by atoms with Gasteiger partial charge in [-0.15, -0.1) is 0 Å². The molecule has 1 atom stereocenters. The average molecular weight is 384 g/mol. The summed E-state index contributed by atoms with van der Waals surface area (Å²) in [7, 11) is 0. The SMILES string of the molecule is Cc1cccc(C2c3cccn3CCCN2Cc2ccccc2C(F)(F)F)c1. The smallest absolute Gasteiger partial charge is 0.350 e. The predicted molar refractivity (Wildman–Crippen MR) is 104 cm³/mol. The summed E-state index contributed by atoms with van der Waals surface area (Å²) in [5, 5.41) is 0. The number of aryl methyl sites for hydroxylation is 2. The van der Waals surface area contributed by atoms with Crippen LogP contribution in [0.15, 0.2) is 66.9 Å². The van der Waals surface area contributed by atoms with Crippen LogP contribution in [0.25, 0.3) is 0 Å². The molecule has 4 rings (SSSR count). The van der Waals surface area contributed by atoms with E-state index < -0.39 is 11.7 Å². The highest BCUT2D eigenvalue weighted by Crippen LogP contribution is 2.36. The van der Waals surface area contributed by atoms with Gasteiger partial charge in [0.2, 0.25) is 0 Å². The first-order valence-electron chi connectivity index (χ1n) is 9.54. The van der Waals surface area contributed by atoms with Crippen molar-refractivity contribution in [3.05, 3.63) is 94.8 Å². The van der Waals surface area contributed by atoms with Crippen molar-refractivity contribution in [1.29, 1.82) is 0 Å². The number of hydrogen-bond donors (Lipinski definition) is 0. The van der Waals surface area contributed by atoms with Crippen molar-refractivity contribution in [1.82, 2.24) is 9.47 Å². The fourth-order valence-electron chi connectivity index (χ4n) is 4.19. The van der Waals surface area contributed by atoms with E-state index in [0.29, 0.717) is 5.56 Å². The van der Waals surface area contributed by atoms with Gasteiger partial charge < -0.3 is 4.57 Å². The standard InChI is InChI=1S/C23H23F3N2/c1-17-7-4-9-18(15-17)22-21-11-5-12-27(21)13-6-14-28(22)16-19-8-2-3-10-20(19)23(24,25)26/h2-5,7-12,15,22H,6,13-14,16H2,1H3. The summed E-state index contributed by atoms with van der Waals surface area (Å²) in [5.74, 6) is 0. The van der Waals surface area contributed by atoms with Crippen molar-refractivity contribution < 1.29 is 13.2 Å². The third-order valence-electron chi connectivity index (χ3n) is 5.41. The molecule has 0 spiro atoms. The number of alkyl halides is 3. The summed E-state index contributed by atoms with van der Waals surface area (Å²) in [4.78, 5) is 2.18. The van der Waals surface area contributed by atoms with Crippen LogP contribution in [0, 0.1) is 6.92 Å². The lowest BCUT2D eigenvalue weighted by atomic mass is 9.98. The highest BCUT2D eigenvalue weighted by Gasteiger charge is 2.35. The lowest BCUT2D eigenvalue weighted by Crippen LogP contribution is -2.30. The Hall–Kier alpha value is -2.53. The second-order valence-electron chi connectivity index (χ2n) is 7.42. The molecule has 5 heteroatoms. The fourth-order valence-corrected chi connectivity index (χ4v) is 4.19. The zero-order valence-electron chi connectivity index (χ0n) is 15.8. The van der Waals surface area contributed by atoms with Gasteiger partial charge in [0.15, 0.2) is 0 Å². The Kier molecular flexibility index (Phi) is 5.02. The molecule has 0 bridgehead atoms. The molecule has 1 aromatic heterocycles. The van der Waals surface area contributed by atoms with Crippen LogP contribution >= 0.6 is 0 Å². The Morgan fingerprint density at radius 3 is 2.57 bits per heavy atom. The molecule has 0 saturated carbocycles. The van der Waals surface area contributed by atoms with Crippen LogP contribution in [0.3, 0.4) is 0 Å². The van der Waals surface area contributed by atoms with Crippen LogP contribution < -0.4 is 0 Å². The van der Waals surface area contributed by atoms with E-state index in [1.165, 1.54) is 12.1 Å². The number of rotatable bonds is 3. The zero-order chi connectivity index (χ0) is 19.7. The molecule has 146 valence electrons. The van der Waals surface area contributed by atoms with Gasteiger partial charge in [0.05, 0.1) is 11.6 Å². The zero-order valence-corrected chi connectivity index (χ0v) is 15.8. The molecule has 2 nitrogen and oxygen atoms in total. The van der Waals surface area contributed by atoms with E-state index in [4.69, 9.17) is 0 Å². The second-order valence-corrected chi connectivity index (χ2v) is 7.42. The summed E-state index contributed by atoms with van der Waals surface area (Å²) in [6.07, 6.45) is -1.38. The summed E-state index contributed by atoms with van der Waals surface area (Å²) in [5.41, 5.74) is 3.18. The fraction of sp³-hybridized carbons (Fsp3) is 0.304. The molecule has 0 fully saturated rings. The summed E-state index contributed by atoms with van der Waals surface area (Å²) < 4.78 is 42.8. The number of benzene rings is 2. The Labute approximate surface area is 163 Å². The first-order valence-corrected chi connectivity index (χ1v) is 9.54. The molecule has 0 N–H and O–H groups in total. The summed E-state index contributed by atoms with van der Waals surface area (Å²) in [6.45, 7) is 3.93. The van der Waals surface area contributed by atoms with E-state index in [2.05, 4.69) is 33.9 Å². The number of halogens is 3. The lowest BCUT2D eigenvalue weighted by Gasteiger charge is -2.31. The van der Waals surface area contributed by atoms with Gasteiger partial charge in [-0.2, -0.15) is 13.2 Å². The van der Waals surface area contributed by atoms with E-state index in [9.17, 15) is 13.2 Å². The minimum absolute atomic E-state index is 0.0707. The second kappa shape index (κ2) is 7.47. The molecular formula is C23H23F3N2.